The van der Waals surface area contributed by atoms with Crippen molar-refractivity contribution >= 4 is 5.97 Å². The first-order valence-electron chi connectivity index (χ1n) is 7.69. The Morgan fingerprint density at radius 1 is 1.04 bits per heavy atom. The molecule has 0 amide bonds. The summed E-state index contributed by atoms with van der Waals surface area (Å²) in [7, 11) is 1.34. The fourth-order valence-corrected chi connectivity index (χ4v) is 3.64. The normalized spacial score (nSPS) is 26.4. The highest BCUT2D eigenvalue weighted by Crippen LogP contribution is 2.48. The third-order valence-corrected chi connectivity index (χ3v) is 4.72. The van der Waals surface area contributed by atoms with Gasteiger partial charge in [-0.3, -0.25) is 4.79 Å². The maximum absolute atomic E-state index is 12.4. The van der Waals surface area contributed by atoms with Crippen LogP contribution in [0.15, 0.2) is 54.6 Å². The monoisotopic (exact) mass is 312 g/mol. The first kappa shape index (κ1) is 15.7. The van der Waals surface area contributed by atoms with Crippen LogP contribution in [-0.2, 0) is 9.53 Å². The van der Waals surface area contributed by atoms with E-state index in [-0.39, 0.29) is 12.5 Å². The zero-order valence-corrected chi connectivity index (χ0v) is 12.9. The first-order chi connectivity index (χ1) is 11.2. The van der Waals surface area contributed by atoms with Crippen LogP contribution in [0.5, 0.6) is 0 Å². The van der Waals surface area contributed by atoms with Gasteiger partial charge in [-0.25, -0.2) is 0 Å². The van der Waals surface area contributed by atoms with Gasteiger partial charge in [-0.05, 0) is 16.7 Å². The molecule has 0 radical (unpaired) electrons. The van der Waals surface area contributed by atoms with E-state index in [1.807, 2.05) is 54.6 Å². The summed E-state index contributed by atoms with van der Waals surface area (Å²) in [5, 5.41) is 20.4. The van der Waals surface area contributed by atoms with E-state index in [4.69, 9.17) is 4.74 Å². The Hall–Kier alpha value is -2.17. The van der Waals surface area contributed by atoms with Crippen LogP contribution in [-0.4, -0.2) is 29.9 Å². The summed E-state index contributed by atoms with van der Waals surface area (Å²) in [5.41, 5.74) is 2.65. The Morgan fingerprint density at radius 2 is 1.65 bits per heavy atom. The first-order valence-corrected chi connectivity index (χ1v) is 7.69. The quantitative estimate of drug-likeness (QED) is 0.853. The smallest absolute Gasteiger partial charge is 0.310 e. The van der Waals surface area contributed by atoms with Gasteiger partial charge in [0.15, 0.2) is 0 Å². The van der Waals surface area contributed by atoms with Crippen molar-refractivity contribution < 1.29 is 19.7 Å². The number of fused-ring (bicyclic) bond motifs is 1. The number of carbonyl (C=O) groups is 1. The minimum absolute atomic E-state index is 0.250. The Bertz CT molecular complexity index is 683. The van der Waals surface area contributed by atoms with Gasteiger partial charge in [-0.2, -0.15) is 0 Å². The van der Waals surface area contributed by atoms with Gasteiger partial charge >= 0.3 is 5.97 Å². The molecule has 2 aromatic carbocycles. The predicted molar refractivity (Wildman–Crippen MR) is 85.8 cm³/mol. The largest absolute Gasteiger partial charge is 0.469 e. The molecule has 1 aliphatic carbocycles. The fraction of sp³-hybridized carbons (Fsp3) is 0.316. The summed E-state index contributed by atoms with van der Waals surface area (Å²) >= 11 is 0. The van der Waals surface area contributed by atoms with Gasteiger partial charge in [0.1, 0.15) is 0 Å². The lowest BCUT2D eigenvalue weighted by atomic mass is 9.65. The molecule has 0 saturated heterocycles. The molecule has 0 fully saturated rings. The van der Waals surface area contributed by atoms with E-state index in [0.29, 0.717) is 0 Å². The van der Waals surface area contributed by atoms with Crippen molar-refractivity contribution in [2.24, 2.45) is 11.8 Å². The number of esters is 1. The molecule has 0 aliphatic heterocycles. The lowest BCUT2D eigenvalue weighted by Gasteiger charge is -2.40. The number of benzene rings is 2. The molecule has 0 heterocycles. The number of rotatable bonds is 3. The average molecular weight is 312 g/mol. The van der Waals surface area contributed by atoms with E-state index in [0.717, 1.165) is 16.7 Å². The number of aliphatic hydroxyl groups excluding tert-OH is 2. The van der Waals surface area contributed by atoms with Crippen molar-refractivity contribution in [1.29, 1.82) is 0 Å². The van der Waals surface area contributed by atoms with Gasteiger partial charge in [0.05, 0.1) is 19.1 Å². The van der Waals surface area contributed by atoms with Crippen LogP contribution >= 0.6 is 0 Å². The second-order valence-electron chi connectivity index (χ2n) is 5.86. The topological polar surface area (TPSA) is 66.8 Å². The van der Waals surface area contributed by atoms with Gasteiger partial charge in [0.25, 0.3) is 0 Å². The molecule has 0 aromatic heterocycles. The Kier molecular flexibility index (Phi) is 4.46. The zero-order valence-electron chi connectivity index (χ0n) is 12.9. The third kappa shape index (κ3) is 2.64. The van der Waals surface area contributed by atoms with Crippen molar-refractivity contribution in [1.82, 2.24) is 0 Å². The summed E-state index contributed by atoms with van der Waals surface area (Å²) in [6.45, 7) is -0.279. The van der Waals surface area contributed by atoms with Gasteiger partial charge < -0.3 is 14.9 Å². The minimum atomic E-state index is -0.889. The summed E-state index contributed by atoms with van der Waals surface area (Å²) in [6, 6.07) is 17.2. The molecule has 0 saturated carbocycles. The van der Waals surface area contributed by atoms with E-state index in [1.54, 1.807) is 0 Å². The molecule has 2 aromatic rings. The van der Waals surface area contributed by atoms with Gasteiger partial charge in [0, 0.05) is 18.4 Å². The van der Waals surface area contributed by atoms with E-state index in [1.165, 1.54) is 7.11 Å². The van der Waals surface area contributed by atoms with Crippen LogP contribution in [0.2, 0.25) is 0 Å². The molecule has 0 bridgehead atoms. The predicted octanol–water partition coefficient (Wildman–Crippen LogP) is 2.26. The van der Waals surface area contributed by atoms with Crippen LogP contribution in [0.25, 0.3) is 0 Å². The van der Waals surface area contributed by atoms with Crippen molar-refractivity contribution in [3.8, 4) is 0 Å². The van der Waals surface area contributed by atoms with E-state index >= 15 is 0 Å². The Labute approximate surface area is 135 Å². The number of methoxy groups -OCH3 is 1. The van der Waals surface area contributed by atoms with E-state index < -0.39 is 23.9 Å². The van der Waals surface area contributed by atoms with Crippen LogP contribution in [0.3, 0.4) is 0 Å². The standard InChI is InChI=1S/C19H20O4/c1-23-19(22)17-15(11-20)18(21)14-10-6-5-9-13(14)16(17)12-7-3-2-4-8-12/h2-10,15-18,20-21H,11H2,1H3/t15-,16+,17-,18+/m0/s1. The summed E-state index contributed by atoms with van der Waals surface area (Å²) in [4.78, 5) is 12.4. The Morgan fingerprint density at radius 3 is 2.26 bits per heavy atom. The van der Waals surface area contributed by atoms with E-state index in [2.05, 4.69) is 0 Å². The van der Waals surface area contributed by atoms with Crippen LogP contribution < -0.4 is 0 Å². The molecular formula is C19H20O4. The molecule has 3 rings (SSSR count). The second-order valence-corrected chi connectivity index (χ2v) is 5.86. The number of hydrogen-bond acceptors (Lipinski definition) is 4. The molecular weight excluding hydrogens is 292 g/mol. The maximum Gasteiger partial charge on any atom is 0.310 e. The third-order valence-electron chi connectivity index (χ3n) is 4.72. The lowest BCUT2D eigenvalue weighted by Crippen LogP contribution is -2.41. The SMILES string of the molecule is COC(=O)[C@@H]1[C@H](c2ccccc2)c2ccccc2[C@@H](O)[C@H]1CO. The zero-order chi connectivity index (χ0) is 16.4. The average Bonchev–Trinajstić information content (AvgIpc) is 2.61. The van der Waals surface area contributed by atoms with Crippen molar-refractivity contribution in [3.05, 3.63) is 71.3 Å². The van der Waals surface area contributed by atoms with Gasteiger partial charge in [-0.1, -0.05) is 54.6 Å². The van der Waals surface area contributed by atoms with Crippen LogP contribution in [0.4, 0.5) is 0 Å². The maximum atomic E-state index is 12.4. The lowest BCUT2D eigenvalue weighted by molar-refractivity contribution is -0.152. The molecule has 4 heteroatoms. The minimum Gasteiger partial charge on any atom is -0.469 e. The highest BCUT2D eigenvalue weighted by atomic mass is 16.5. The van der Waals surface area contributed by atoms with Gasteiger partial charge in [0.2, 0.25) is 0 Å². The van der Waals surface area contributed by atoms with Crippen molar-refractivity contribution in [2.75, 3.05) is 13.7 Å². The Balaban J connectivity index is 2.21. The number of ether oxygens (including phenoxy) is 1. The number of hydrogen-bond donors (Lipinski definition) is 2. The molecule has 4 atom stereocenters. The number of carbonyl (C=O) groups excluding carboxylic acids is 1. The molecule has 120 valence electrons. The summed E-state index contributed by atoms with van der Waals surface area (Å²) < 4.78 is 4.98. The molecule has 0 spiro atoms. The van der Waals surface area contributed by atoms with Crippen molar-refractivity contribution in [3.63, 3.8) is 0 Å². The molecule has 23 heavy (non-hydrogen) atoms. The summed E-state index contributed by atoms with van der Waals surface area (Å²) in [5.74, 6) is -1.88. The van der Waals surface area contributed by atoms with Crippen LogP contribution in [0, 0.1) is 11.8 Å². The highest BCUT2D eigenvalue weighted by Gasteiger charge is 2.46. The molecule has 0 unspecified atom stereocenters. The second kappa shape index (κ2) is 6.52. The molecule has 2 N–H and O–H groups in total. The fourth-order valence-electron chi connectivity index (χ4n) is 3.64. The molecule has 1 aliphatic rings. The van der Waals surface area contributed by atoms with Gasteiger partial charge in [-0.15, -0.1) is 0 Å². The molecule has 4 nitrogen and oxygen atoms in total. The number of aliphatic hydroxyl groups is 2. The van der Waals surface area contributed by atoms with Crippen molar-refractivity contribution in [2.45, 2.75) is 12.0 Å². The summed E-state index contributed by atoms with van der Waals surface area (Å²) in [6.07, 6.45) is -0.889. The van der Waals surface area contributed by atoms with Crippen LogP contribution in [0.1, 0.15) is 28.7 Å². The highest BCUT2D eigenvalue weighted by molar-refractivity contribution is 5.76. The van der Waals surface area contributed by atoms with E-state index in [9.17, 15) is 15.0 Å².